The van der Waals surface area contributed by atoms with Crippen molar-refractivity contribution in [1.29, 1.82) is 0 Å². The van der Waals surface area contributed by atoms with Crippen LogP contribution in [0.3, 0.4) is 0 Å². The molecule has 0 aliphatic carbocycles. The lowest BCUT2D eigenvalue weighted by Crippen LogP contribution is -2.24. The van der Waals surface area contributed by atoms with Gasteiger partial charge in [-0.2, -0.15) is 0 Å². The van der Waals surface area contributed by atoms with Crippen molar-refractivity contribution in [1.82, 2.24) is 5.32 Å². The molecular formula is C13H19N. The van der Waals surface area contributed by atoms with E-state index in [2.05, 4.69) is 50.0 Å². The van der Waals surface area contributed by atoms with Gasteiger partial charge in [0.25, 0.3) is 0 Å². The van der Waals surface area contributed by atoms with E-state index in [0.29, 0.717) is 6.04 Å². The number of benzene rings is 1. The molecule has 14 heavy (non-hydrogen) atoms. The van der Waals surface area contributed by atoms with Crippen molar-refractivity contribution in [3.8, 4) is 0 Å². The SMILES string of the molecule is C=Cc1cccc(CCNC(C)C)c1. The van der Waals surface area contributed by atoms with E-state index < -0.39 is 0 Å². The molecule has 1 rings (SSSR count). The summed E-state index contributed by atoms with van der Waals surface area (Å²) in [7, 11) is 0. The largest absolute Gasteiger partial charge is 0.314 e. The molecule has 0 saturated carbocycles. The van der Waals surface area contributed by atoms with Gasteiger partial charge in [-0.1, -0.05) is 50.8 Å². The van der Waals surface area contributed by atoms with Crippen LogP contribution in [0, 0.1) is 0 Å². The van der Waals surface area contributed by atoms with E-state index in [1.165, 1.54) is 11.1 Å². The predicted octanol–water partition coefficient (Wildman–Crippen LogP) is 2.87. The molecule has 0 amide bonds. The van der Waals surface area contributed by atoms with Gasteiger partial charge in [-0.15, -0.1) is 0 Å². The average Bonchev–Trinajstić information content (AvgIpc) is 2.18. The van der Waals surface area contributed by atoms with Crippen LogP contribution in [-0.4, -0.2) is 12.6 Å². The Labute approximate surface area is 86.8 Å². The van der Waals surface area contributed by atoms with Crippen molar-refractivity contribution in [3.05, 3.63) is 42.0 Å². The zero-order valence-corrected chi connectivity index (χ0v) is 9.09. The van der Waals surface area contributed by atoms with Crippen LogP contribution in [0.2, 0.25) is 0 Å². The van der Waals surface area contributed by atoms with Gasteiger partial charge < -0.3 is 5.32 Å². The second-order valence-corrected chi connectivity index (χ2v) is 3.81. The minimum absolute atomic E-state index is 0.567. The van der Waals surface area contributed by atoms with E-state index in [1.54, 1.807) is 0 Å². The number of hydrogen-bond donors (Lipinski definition) is 1. The fourth-order valence-corrected chi connectivity index (χ4v) is 1.38. The van der Waals surface area contributed by atoms with Gasteiger partial charge in [-0.3, -0.25) is 0 Å². The van der Waals surface area contributed by atoms with Crippen LogP contribution in [0.1, 0.15) is 25.0 Å². The van der Waals surface area contributed by atoms with Crippen molar-refractivity contribution in [2.45, 2.75) is 26.3 Å². The van der Waals surface area contributed by atoms with Crippen LogP contribution in [0.4, 0.5) is 0 Å². The number of rotatable bonds is 5. The quantitative estimate of drug-likeness (QED) is 0.751. The Bertz CT molecular complexity index is 289. The van der Waals surface area contributed by atoms with Crippen LogP contribution in [-0.2, 0) is 6.42 Å². The maximum absolute atomic E-state index is 3.76. The second-order valence-electron chi connectivity index (χ2n) is 3.81. The highest BCUT2D eigenvalue weighted by molar-refractivity contribution is 5.47. The summed E-state index contributed by atoms with van der Waals surface area (Å²) < 4.78 is 0. The summed E-state index contributed by atoms with van der Waals surface area (Å²) in [6.45, 7) is 9.14. The molecule has 0 fully saturated rings. The highest BCUT2D eigenvalue weighted by Gasteiger charge is 1.95. The van der Waals surface area contributed by atoms with E-state index in [-0.39, 0.29) is 0 Å². The molecule has 1 aromatic carbocycles. The minimum Gasteiger partial charge on any atom is -0.314 e. The van der Waals surface area contributed by atoms with E-state index in [0.717, 1.165) is 13.0 Å². The molecule has 76 valence electrons. The average molecular weight is 189 g/mol. The first-order valence-corrected chi connectivity index (χ1v) is 5.17. The van der Waals surface area contributed by atoms with Crippen LogP contribution in [0.15, 0.2) is 30.8 Å². The molecule has 0 heterocycles. The maximum Gasteiger partial charge on any atom is 0.00105 e. The molecule has 0 aliphatic rings. The summed E-state index contributed by atoms with van der Waals surface area (Å²) >= 11 is 0. The highest BCUT2D eigenvalue weighted by atomic mass is 14.9. The molecule has 0 radical (unpaired) electrons. The summed E-state index contributed by atoms with van der Waals surface area (Å²) in [6.07, 6.45) is 2.97. The molecular weight excluding hydrogens is 170 g/mol. The molecule has 1 nitrogen and oxygen atoms in total. The van der Waals surface area contributed by atoms with Gasteiger partial charge in [0, 0.05) is 6.04 Å². The summed E-state index contributed by atoms with van der Waals surface area (Å²) in [6, 6.07) is 9.08. The minimum atomic E-state index is 0.567. The Hall–Kier alpha value is -1.08. The molecule has 0 aromatic heterocycles. The monoisotopic (exact) mass is 189 g/mol. The van der Waals surface area contributed by atoms with E-state index in [4.69, 9.17) is 0 Å². The van der Waals surface area contributed by atoms with Crippen molar-refractivity contribution < 1.29 is 0 Å². The lowest BCUT2D eigenvalue weighted by Gasteiger charge is -2.08. The molecule has 1 heteroatoms. The lowest BCUT2D eigenvalue weighted by atomic mass is 10.1. The normalized spacial score (nSPS) is 10.5. The van der Waals surface area contributed by atoms with Gasteiger partial charge in [0.05, 0.1) is 0 Å². The second kappa shape index (κ2) is 5.61. The summed E-state index contributed by atoms with van der Waals surface area (Å²) in [5, 5.41) is 3.41. The molecule has 1 N–H and O–H groups in total. The Morgan fingerprint density at radius 3 is 2.86 bits per heavy atom. The molecule has 0 unspecified atom stereocenters. The molecule has 0 bridgehead atoms. The van der Waals surface area contributed by atoms with Crippen molar-refractivity contribution in [3.63, 3.8) is 0 Å². The number of hydrogen-bond acceptors (Lipinski definition) is 1. The van der Waals surface area contributed by atoms with Gasteiger partial charge in [0.1, 0.15) is 0 Å². The van der Waals surface area contributed by atoms with Gasteiger partial charge in [0.15, 0.2) is 0 Å². The van der Waals surface area contributed by atoms with E-state index in [9.17, 15) is 0 Å². The zero-order chi connectivity index (χ0) is 10.4. The zero-order valence-electron chi connectivity index (χ0n) is 9.09. The van der Waals surface area contributed by atoms with Gasteiger partial charge in [-0.25, -0.2) is 0 Å². The first kappa shape index (κ1) is 11.0. The van der Waals surface area contributed by atoms with E-state index in [1.807, 2.05) is 6.08 Å². The first-order chi connectivity index (χ1) is 6.72. The number of nitrogens with one attached hydrogen (secondary N) is 1. The van der Waals surface area contributed by atoms with E-state index >= 15 is 0 Å². The highest BCUT2D eigenvalue weighted by Crippen LogP contribution is 2.06. The molecule has 1 aromatic rings. The molecule has 0 aliphatic heterocycles. The van der Waals surface area contributed by atoms with Gasteiger partial charge >= 0.3 is 0 Å². The predicted molar refractivity (Wildman–Crippen MR) is 63.4 cm³/mol. The fourth-order valence-electron chi connectivity index (χ4n) is 1.38. The van der Waals surface area contributed by atoms with Crippen molar-refractivity contribution in [2.75, 3.05) is 6.54 Å². The Morgan fingerprint density at radius 2 is 2.21 bits per heavy atom. The van der Waals surface area contributed by atoms with Gasteiger partial charge in [0.2, 0.25) is 0 Å². The van der Waals surface area contributed by atoms with Crippen LogP contribution in [0.5, 0.6) is 0 Å². The fraction of sp³-hybridized carbons (Fsp3) is 0.385. The Kier molecular flexibility index (Phi) is 4.41. The topological polar surface area (TPSA) is 12.0 Å². The molecule has 0 atom stereocenters. The van der Waals surface area contributed by atoms with Gasteiger partial charge in [-0.05, 0) is 24.1 Å². The van der Waals surface area contributed by atoms with Crippen LogP contribution in [0.25, 0.3) is 6.08 Å². The third kappa shape index (κ3) is 3.75. The van der Waals surface area contributed by atoms with Crippen molar-refractivity contribution >= 4 is 6.08 Å². The summed E-state index contributed by atoms with van der Waals surface area (Å²) in [5.41, 5.74) is 2.57. The smallest absolute Gasteiger partial charge is 0.00105 e. The standard InChI is InChI=1S/C13H19N/c1-4-12-6-5-7-13(10-12)8-9-14-11(2)3/h4-7,10-11,14H,1,8-9H2,2-3H3. The summed E-state index contributed by atoms with van der Waals surface area (Å²) in [5.74, 6) is 0. The first-order valence-electron chi connectivity index (χ1n) is 5.17. The Balaban J connectivity index is 2.46. The van der Waals surface area contributed by atoms with Crippen LogP contribution >= 0.6 is 0 Å². The maximum atomic E-state index is 3.76. The third-order valence-corrected chi connectivity index (χ3v) is 2.15. The molecule has 0 spiro atoms. The third-order valence-electron chi connectivity index (χ3n) is 2.15. The van der Waals surface area contributed by atoms with Crippen LogP contribution < -0.4 is 5.32 Å². The lowest BCUT2D eigenvalue weighted by molar-refractivity contribution is 0.590. The Morgan fingerprint density at radius 1 is 1.43 bits per heavy atom. The molecule has 0 saturated heterocycles. The van der Waals surface area contributed by atoms with Crippen molar-refractivity contribution in [2.24, 2.45) is 0 Å². The summed E-state index contributed by atoms with van der Waals surface area (Å²) in [4.78, 5) is 0.